The van der Waals surface area contributed by atoms with Gasteiger partial charge in [-0.15, -0.1) is 0 Å². The second-order valence-electron chi connectivity index (χ2n) is 4.18. The number of benzene rings is 1. The highest BCUT2D eigenvalue weighted by Crippen LogP contribution is 2.28. The first-order chi connectivity index (χ1) is 9.04. The molecule has 104 valence electrons. The first-order valence-electron chi connectivity index (χ1n) is 5.67. The van der Waals surface area contributed by atoms with Crippen LogP contribution >= 0.6 is 0 Å². The van der Waals surface area contributed by atoms with E-state index in [0.29, 0.717) is 0 Å². The SMILES string of the molecule is O=[N+]([O-])c1ccccc1N[C@@H]1O[C@H](CO)[C@H](O)[C@@H]1O. The first-order valence-corrected chi connectivity index (χ1v) is 5.67. The third-order valence-electron chi connectivity index (χ3n) is 2.94. The van der Waals surface area contributed by atoms with Gasteiger partial charge in [-0.05, 0) is 6.07 Å². The van der Waals surface area contributed by atoms with E-state index in [-0.39, 0.29) is 11.4 Å². The van der Waals surface area contributed by atoms with Crippen molar-refractivity contribution < 1.29 is 25.0 Å². The van der Waals surface area contributed by atoms with Gasteiger partial charge in [-0.2, -0.15) is 0 Å². The van der Waals surface area contributed by atoms with E-state index in [1.165, 1.54) is 18.2 Å². The van der Waals surface area contributed by atoms with Crippen molar-refractivity contribution in [2.75, 3.05) is 11.9 Å². The van der Waals surface area contributed by atoms with E-state index < -0.39 is 36.1 Å². The van der Waals surface area contributed by atoms with Crippen LogP contribution in [0.5, 0.6) is 0 Å². The summed E-state index contributed by atoms with van der Waals surface area (Å²) < 4.78 is 5.19. The molecule has 1 aliphatic rings. The number of nitrogens with zero attached hydrogens (tertiary/aromatic N) is 1. The summed E-state index contributed by atoms with van der Waals surface area (Å²) in [6.45, 7) is -0.451. The molecule has 2 rings (SSSR count). The largest absolute Gasteiger partial charge is 0.394 e. The molecule has 1 saturated heterocycles. The Labute approximate surface area is 108 Å². The number of anilines is 1. The monoisotopic (exact) mass is 270 g/mol. The second-order valence-corrected chi connectivity index (χ2v) is 4.18. The molecule has 0 aromatic heterocycles. The molecule has 4 atom stereocenters. The van der Waals surface area contributed by atoms with Crippen molar-refractivity contribution in [1.82, 2.24) is 0 Å². The van der Waals surface area contributed by atoms with Crippen molar-refractivity contribution in [3.05, 3.63) is 34.4 Å². The number of nitrogens with one attached hydrogen (secondary N) is 1. The predicted octanol–water partition coefficient (Wildman–Crippen LogP) is -0.554. The Kier molecular flexibility index (Phi) is 3.96. The topological polar surface area (TPSA) is 125 Å². The summed E-state index contributed by atoms with van der Waals surface area (Å²) in [4.78, 5) is 10.3. The number of para-hydroxylation sites is 2. The minimum Gasteiger partial charge on any atom is -0.394 e. The number of nitro benzene ring substituents is 1. The van der Waals surface area contributed by atoms with Gasteiger partial charge in [0, 0.05) is 6.07 Å². The quantitative estimate of drug-likeness (QED) is 0.427. The van der Waals surface area contributed by atoms with Gasteiger partial charge in [-0.1, -0.05) is 12.1 Å². The highest BCUT2D eigenvalue weighted by molar-refractivity contribution is 5.61. The average molecular weight is 270 g/mol. The van der Waals surface area contributed by atoms with Crippen LogP contribution < -0.4 is 5.32 Å². The summed E-state index contributed by atoms with van der Waals surface area (Å²) >= 11 is 0. The highest BCUT2D eigenvalue weighted by Gasteiger charge is 2.42. The Balaban J connectivity index is 2.16. The maximum absolute atomic E-state index is 10.8. The second kappa shape index (κ2) is 5.49. The Bertz CT molecular complexity index is 468. The fraction of sp³-hybridized carbons (Fsp3) is 0.455. The highest BCUT2D eigenvalue weighted by atomic mass is 16.6. The molecule has 0 unspecified atom stereocenters. The molecule has 1 aromatic carbocycles. The lowest BCUT2D eigenvalue weighted by atomic mass is 10.1. The molecular formula is C11H14N2O6. The zero-order valence-corrected chi connectivity index (χ0v) is 9.84. The average Bonchev–Trinajstić information content (AvgIpc) is 2.67. The van der Waals surface area contributed by atoms with Crippen LogP contribution in [0.1, 0.15) is 0 Å². The van der Waals surface area contributed by atoms with Gasteiger partial charge < -0.3 is 25.4 Å². The van der Waals surface area contributed by atoms with E-state index >= 15 is 0 Å². The van der Waals surface area contributed by atoms with Crippen LogP contribution in [0.4, 0.5) is 11.4 Å². The molecule has 19 heavy (non-hydrogen) atoms. The lowest BCUT2D eigenvalue weighted by Crippen LogP contribution is -2.36. The molecular weight excluding hydrogens is 256 g/mol. The Morgan fingerprint density at radius 3 is 2.58 bits per heavy atom. The minimum atomic E-state index is -1.28. The lowest BCUT2D eigenvalue weighted by Gasteiger charge is -2.17. The third-order valence-corrected chi connectivity index (χ3v) is 2.94. The van der Waals surface area contributed by atoms with Gasteiger partial charge in [0.15, 0.2) is 6.23 Å². The van der Waals surface area contributed by atoms with Gasteiger partial charge in [-0.3, -0.25) is 10.1 Å². The number of hydrogen-bond acceptors (Lipinski definition) is 7. The molecule has 0 saturated carbocycles. The lowest BCUT2D eigenvalue weighted by molar-refractivity contribution is -0.384. The van der Waals surface area contributed by atoms with E-state index in [1.54, 1.807) is 6.07 Å². The van der Waals surface area contributed by atoms with Gasteiger partial charge in [0.05, 0.1) is 11.5 Å². The Morgan fingerprint density at radius 1 is 1.32 bits per heavy atom. The van der Waals surface area contributed by atoms with Gasteiger partial charge in [-0.25, -0.2) is 0 Å². The van der Waals surface area contributed by atoms with Crippen molar-refractivity contribution in [3.63, 3.8) is 0 Å². The van der Waals surface area contributed by atoms with Crippen LogP contribution in [0.2, 0.25) is 0 Å². The van der Waals surface area contributed by atoms with Crippen LogP contribution in [0.25, 0.3) is 0 Å². The van der Waals surface area contributed by atoms with E-state index in [2.05, 4.69) is 5.32 Å². The molecule has 0 radical (unpaired) electrons. The van der Waals surface area contributed by atoms with E-state index in [9.17, 15) is 20.3 Å². The molecule has 4 N–H and O–H groups in total. The number of aliphatic hydroxyl groups excluding tert-OH is 3. The van der Waals surface area contributed by atoms with Crippen LogP contribution in [0, 0.1) is 10.1 Å². The van der Waals surface area contributed by atoms with Crippen LogP contribution in [0.3, 0.4) is 0 Å². The van der Waals surface area contributed by atoms with E-state index in [0.717, 1.165) is 0 Å². The number of nitro groups is 1. The maximum Gasteiger partial charge on any atom is 0.292 e. The number of rotatable bonds is 4. The Morgan fingerprint density at radius 2 is 2.00 bits per heavy atom. The fourth-order valence-electron chi connectivity index (χ4n) is 1.93. The van der Waals surface area contributed by atoms with Crippen molar-refractivity contribution in [2.24, 2.45) is 0 Å². The molecule has 0 spiro atoms. The summed E-state index contributed by atoms with van der Waals surface area (Å²) in [5.74, 6) is 0. The van der Waals surface area contributed by atoms with Gasteiger partial charge >= 0.3 is 0 Å². The molecule has 1 aliphatic heterocycles. The third kappa shape index (κ3) is 2.66. The van der Waals surface area contributed by atoms with Crippen LogP contribution in [0.15, 0.2) is 24.3 Å². The van der Waals surface area contributed by atoms with Crippen molar-refractivity contribution in [3.8, 4) is 0 Å². The van der Waals surface area contributed by atoms with Crippen molar-refractivity contribution >= 4 is 11.4 Å². The van der Waals surface area contributed by atoms with E-state index in [1.807, 2.05) is 0 Å². The number of hydrogen-bond donors (Lipinski definition) is 4. The molecule has 8 heteroatoms. The summed E-state index contributed by atoms with van der Waals surface area (Å²) in [5.41, 5.74) is 0.00239. The molecule has 0 bridgehead atoms. The molecule has 1 heterocycles. The number of ether oxygens (including phenoxy) is 1. The van der Waals surface area contributed by atoms with Crippen LogP contribution in [-0.2, 0) is 4.74 Å². The van der Waals surface area contributed by atoms with Gasteiger partial charge in [0.1, 0.15) is 24.0 Å². The molecule has 0 aliphatic carbocycles. The summed E-state index contributed by atoms with van der Waals surface area (Å²) in [6, 6.07) is 5.88. The standard InChI is InChI=1S/C11H14N2O6/c14-5-8-9(15)10(16)11(19-8)12-6-3-1-2-4-7(6)13(17)18/h1-4,8-12,14-16H,5H2/t8-,9+,10+,11-/m1/s1. The molecule has 1 aromatic rings. The summed E-state index contributed by atoms with van der Waals surface area (Å²) in [6.07, 6.45) is -4.47. The fourth-order valence-corrected chi connectivity index (χ4v) is 1.93. The molecule has 8 nitrogen and oxygen atoms in total. The van der Waals surface area contributed by atoms with Crippen molar-refractivity contribution in [2.45, 2.75) is 24.5 Å². The zero-order valence-electron chi connectivity index (χ0n) is 9.84. The Hall–Kier alpha value is -1.74. The molecule has 1 fully saturated rings. The zero-order chi connectivity index (χ0) is 14.0. The predicted molar refractivity (Wildman–Crippen MR) is 64.5 cm³/mol. The molecule has 0 amide bonds. The summed E-state index contributed by atoms with van der Waals surface area (Å²) in [7, 11) is 0. The summed E-state index contributed by atoms with van der Waals surface area (Å²) in [5, 5.41) is 41.7. The minimum absolute atomic E-state index is 0.166. The van der Waals surface area contributed by atoms with Gasteiger partial charge in [0.25, 0.3) is 5.69 Å². The normalized spacial score (nSPS) is 30.3. The van der Waals surface area contributed by atoms with Crippen LogP contribution in [-0.4, -0.2) is 51.4 Å². The first kappa shape index (κ1) is 13.7. The van der Waals surface area contributed by atoms with Crippen molar-refractivity contribution in [1.29, 1.82) is 0 Å². The number of aliphatic hydroxyl groups is 3. The van der Waals surface area contributed by atoms with E-state index in [4.69, 9.17) is 9.84 Å². The smallest absolute Gasteiger partial charge is 0.292 e. The van der Waals surface area contributed by atoms with Gasteiger partial charge in [0.2, 0.25) is 0 Å². The maximum atomic E-state index is 10.8.